The van der Waals surface area contributed by atoms with Gasteiger partial charge < -0.3 is 5.11 Å². The quantitative estimate of drug-likeness (QED) is 0.534. The predicted octanol–water partition coefficient (Wildman–Crippen LogP) is 3.09. The molecule has 0 bridgehead atoms. The minimum absolute atomic E-state index is 0.215. The maximum Gasteiger partial charge on any atom is 0.194 e. The summed E-state index contributed by atoms with van der Waals surface area (Å²) in [6.45, 7) is 0. The van der Waals surface area contributed by atoms with Crippen molar-refractivity contribution in [2.45, 2.75) is 6.10 Å². The number of hydrogen-bond donors (Lipinski definition) is 1. The van der Waals surface area contributed by atoms with Gasteiger partial charge in [0.25, 0.3) is 0 Å². The summed E-state index contributed by atoms with van der Waals surface area (Å²) in [5.41, 5.74) is 2.72. The highest BCUT2D eigenvalue weighted by atomic mass is 16.3. The molecule has 2 aliphatic rings. The zero-order valence-electron chi connectivity index (χ0n) is 13.5. The molecule has 0 aliphatic heterocycles. The lowest BCUT2D eigenvalue weighted by Crippen LogP contribution is -2.25. The Morgan fingerprint density at radius 2 is 1.04 bits per heavy atom. The maximum absolute atomic E-state index is 12.9. The molecule has 5 rings (SSSR count). The first-order chi connectivity index (χ1) is 12.6. The van der Waals surface area contributed by atoms with Gasteiger partial charge in [-0.3, -0.25) is 14.4 Å². The lowest BCUT2D eigenvalue weighted by molar-refractivity contribution is 0.0976. The molecular formula is C22H12O4. The number of aliphatic hydroxyl groups excluding tert-OH is 1. The fourth-order valence-corrected chi connectivity index (χ4v) is 3.84. The average Bonchev–Trinajstić information content (AvgIpc) is 2.69. The van der Waals surface area contributed by atoms with Crippen molar-refractivity contribution in [2.75, 3.05) is 0 Å². The third kappa shape index (κ3) is 1.79. The lowest BCUT2D eigenvalue weighted by atomic mass is 9.77. The molecule has 0 saturated heterocycles. The molecule has 1 unspecified atom stereocenters. The zero-order valence-corrected chi connectivity index (χ0v) is 13.5. The van der Waals surface area contributed by atoms with Gasteiger partial charge >= 0.3 is 0 Å². The number of rotatable bonds is 0. The van der Waals surface area contributed by atoms with Crippen molar-refractivity contribution in [3.05, 3.63) is 105 Å². The zero-order chi connectivity index (χ0) is 18.0. The molecule has 26 heavy (non-hydrogen) atoms. The van der Waals surface area contributed by atoms with Crippen molar-refractivity contribution in [3.63, 3.8) is 0 Å². The van der Waals surface area contributed by atoms with Crippen LogP contribution in [0, 0.1) is 0 Å². The molecule has 0 heterocycles. The van der Waals surface area contributed by atoms with Crippen LogP contribution in [0.15, 0.2) is 60.7 Å². The Bertz CT molecular complexity index is 1160. The fraction of sp³-hybridized carbons (Fsp3) is 0.0455. The molecule has 0 spiro atoms. The Kier molecular flexibility index (Phi) is 2.91. The number of hydrogen-bond acceptors (Lipinski definition) is 4. The van der Waals surface area contributed by atoms with Gasteiger partial charge in [0, 0.05) is 33.4 Å². The molecule has 4 nitrogen and oxygen atoms in total. The summed E-state index contributed by atoms with van der Waals surface area (Å²) in [5, 5.41) is 10.7. The Morgan fingerprint density at radius 1 is 0.538 bits per heavy atom. The third-order valence-electron chi connectivity index (χ3n) is 5.13. The molecule has 0 saturated carbocycles. The Labute approximate surface area is 148 Å². The fourth-order valence-electron chi connectivity index (χ4n) is 3.84. The summed E-state index contributed by atoms with van der Waals surface area (Å²) in [4.78, 5) is 38.6. The molecule has 0 amide bonds. The van der Waals surface area contributed by atoms with Gasteiger partial charge in [-0.2, -0.15) is 0 Å². The summed E-state index contributed by atoms with van der Waals surface area (Å²) in [6.07, 6.45) is -1.01. The van der Waals surface area contributed by atoms with Gasteiger partial charge in [0.15, 0.2) is 17.3 Å². The molecule has 0 radical (unpaired) electrons. The van der Waals surface area contributed by atoms with Gasteiger partial charge in [-0.25, -0.2) is 0 Å². The molecule has 0 aromatic heterocycles. The number of aliphatic hydroxyl groups is 1. The van der Waals surface area contributed by atoms with Crippen LogP contribution in [0.1, 0.15) is 65.0 Å². The summed E-state index contributed by atoms with van der Waals surface area (Å²) < 4.78 is 0. The van der Waals surface area contributed by atoms with E-state index in [0.717, 1.165) is 0 Å². The van der Waals surface area contributed by atoms with Gasteiger partial charge in [0.05, 0.1) is 0 Å². The van der Waals surface area contributed by atoms with E-state index in [-0.39, 0.29) is 34.0 Å². The van der Waals surface area contributed by atoms with Gasteiger partial charge in [0.1, 0.15) is 6.10 Å². The van der Waals surface area contributed by atoms with Gasteiger partial charge in [-0.05, 0) is 23.3 Å². The third-order valence-corrected chi connectivity index (χ3v) is 5.13. The van der Waals surface area contributed by atoms with Gasteiger partial charge in [-0.15, -0.1) is 0 Å². The summed E-state index contributed by atoms with van der Waals surface area (Å²) >= 11 is 0. The van der Waals surface area contributed by atoms with Crippen molar-refractivity contribution in [2.24, 2.45) is 0 Å². The second kappa shape index (κ2) is 5.07. The molecule has 4 heteroatoms. The van der Waals surface area contributed by atoms with E-state index in [9.17, 15) is 19.5 Å². The minimum atomic E-state index is -1.01. The van der Waals surface area contributed by atoms with E-state index < -0.39 is 6.10 Å². The van der Waals surface area contributed by atoms with E-state index in [0.29, 0.717) is 27.8 Å². The van der Waals surface area contributed by atoms with Gasteiger partial charge in [0.2, 0.25) is 0 Å². The Morgan fingerprint density at radius 3 is 1.69 bits per heavy atom. The van der Waals surface area contributed by atoms with Crippen LogP contribution in [-0.4, -0.2) is 22.5 Å². The molecule has 1 atom stereocenters. The Hall–Kier alpha value is -3.37. The van der Waals surface area contributed by atoms with Crippen LogP contribution >= 0.6 is 0 Å². The summed E-state index contributed by atoms with van der Waals surface area (Å²) in [5.74, 6) is -0.793. The first-order valence-corrected chi connectivity index (χ1v) is 8.26. The van der Waals surface area contributed by atoms with E-state index in [4.69, 9.17) is 0 Å². The molecule has 3 aromatic carbocycles. The highest BCUT2D eigenvalue weighted by Crippen LogP contribution is 2.38. The smallest absolute Gasteiger partial charge is 0.194 e. The van der Waals surface area contributed by atoms with Crippen LogP contribution in [0.3, 0.4) is 0 Å². The summed E-state index contributed by atoms with van der Waals surface area (Å²) in [7, 11) is 0. The summed E-state index contributed by atoms with van der Waals surface area (Å²) in [6, 6.07) is 16.5. The predicted molar refractivity (Wildman–Crippen MR) is 93.7 cm³/mol. The molecule has 1 N–H and O–H groups in total. The van der Waals surface area contributed by atoms with E-state index in [1.54, 1.807) is 48.5 Å². The van der Waals surface area contributed by atoms with Crippen LogP contribution in [-0.2, 0) is 0 Å². The number of ketones is 3. The van der Waals surface area contributed by atoms with Crippen molar-refractivity contribution in [3.8, 4) is 0 Å². The highest BCUT2D eigenvalue weighted by Gasteiger charge is 2.35. The standard InChI is InChI=1S/C22H12O4/c23-19-11-5-1-2-6-12(11)20(24)16-10-18-17(9-15(16)19)21(25)13-7-3-4-8-14(13)22(18)26/h1-10,19,23H. The van der Waals surface area contributed by atoms with Crippen LogP contribution < -0.4 is 0 Å². The largest absolute Gasteiger partial charge is 0.384 e. The van der Waals surface area contributed by atoms with Crippen LogP contribution in [0.25, 0.3) is 0 Å². The topological polar surface area (TPSA) is 71.4 Å². The lowest BCUT2D eigenvalue weighted by Gasteiger charge is -2.26. The normalized spacial score (nSPS) is 17.3. The maximum atomic E-state index is 12.9. The Balaban J connectivity index is 1.78. The van der Waals surface area contributed by atoms with E-state index >= 15 is 0 Å². The molecule has 2 aliphatic carbocycles. The molecule has 0 fully saturated rings. The van der Waals surface area contributed by atoms with Crippen molar-refractivity contribution in [1.29, 1.82) is 0 Å². The first-order valence-electron chi connectivity index (χ1n) is 8.26. The van der Waals surface area contributed by atoms with Crippen LogP contribution in [0.5, 0.6) is 0 Å². The number of fused-ring (bicyclic) bond motifs is 4. The SMILES string of the molecule is O=C1c2ccccc2C(=O)c2cc3c(cc21)C(=O)c1ccccc1C3O. The molecular weight excluding hydrogens is 328 g/mol. The van der Waals surface area contributed by atoms with Crippen molar-refractivity contribution >= 4 is 17.3 Å². The second-order valence-electron chi connectivity index (χ2n) is 6.51. The van der Waals surface area contributed by atoms with Crippen molar-refractivity contribution in [1.82, 2.24) is 0 Å². The van der Waals surface area contributed by atoms with Crippen LogP contribution in [0.2, 0.25) is 0 Å². The first kappa shape index (κ1) is 14.9. The monoisotopic (exact) mass is 340 g/mol. The van der Waals surface area contributed by atoms with E-state index in [1.807, 2.05) is 0 Å². The van der Waals surface area contributed by atoms with E-state index in [1.165, 1.54) is 12.1 Å². The number of carbonyl (C=O) groups is 3. The second-order valence-corrected chi connectivity index (χ2v) is 6.51. The number of carbonyl (C=O) groups excluding carboxylic acids is 3. The molecule has 124 valence electrons. The minimum Gasteiger partial charge on any atom is -0.384 e. The van der Waals surface area contributed by atoms with Gasteiger partial charge in [-0.1, -0.05) is 48.5 Å². The van der Waals surface area contributed by atoms with Crippen molar-refractivity contribution < 1.29 is 19.5 Å². The molecule has 3 aromatic rings. The highest BCUT2D eigenvalue weighted by molar-refractivity contribution is 6.29. The average molecular weight is 340 g/mol. The number of benzene rings is 3. The van der Waals surface area contributed by atoms with Crippen LogP contribution in [0.4, 0.5) is 0 Å². The van der Waals surface area contributed by atoms with E-state index in [2.05, 4.69) is 0 Å².